The highest BCUT2D eigenvalue weighted by atomic mass is 35.5. The van der Waals surface area contributed by atoms with Crippen LogP contribution in [0.5, 0.6) is 11.5 Å². The van der Waals surface area contributed by atoms with E-state index in [1.807, 2.05) is 23.6 Å². The van der Waals surface area contributed by atoms with Crippen molar-refractivity contribution in [3.63, 3.8) is 0 Å². The number of ether oxygens (including phenoxy) is 3. The topological polar surface area (TPSA) is 57.7 Å². The van der Waals surface area contributed by atoms with E-state index in [9.17, 15) is 4.79 Å². The number of carbonyl (C=O) groups excluding carboxylic acids is 1. The summed E-state index contributed by atoms with van der Waals surface area (Å²) in [4.78, 5) is 16.7. The van der Waals surface area contributed by atoms with Crippen LogP contribution < -0.4 is 9.47 Å². The number of hydrogen-bond donors (Lipinski definition) is 0. The van der Waals surface area contributed by atoms with E-state index in [4.69, 9.17) is 37.4 Å². The number of carbonyl (C=O) groups is 1. The van der Waals surface area contributed by atoms with Crippen molar-refractivity contribution in [2.45, 2.75) is 6.61 Å². The van der Waals surface area contributed by atoms with E-state index in [1.165, 1.54) is 11.3 Å². The lowest BCUT2D eigenvalue weighted by molar-refractivity contribution is 0.0468. The Kier molecular flexibility index (Phi) is 6.21. The van der Waals surface area contributed by atoms with E-state index >= 15 is 0 Å². The van der Waals surface area contributed by atoms with Gasteiger partial charge in [0.1, 0.15) is 11.6 Å². The number of hydrogen-bond acceptors (Lipinski definition) is 6. The van der Waals surface area contributed by atoms with Crippen LogP contribution in [-0.4, -0.2) is 25.2 Å². The smallest absolute Gasteiger partial charge is 0.340 e. The zero-order valence-corrected chi connectivity index (χ0v) is 16.8. The monoisotopic (exact) mass is 423 g/mol. The summed E-state index contributed by atoms with van der Waals surface area (Å²) < 4.78 is 16.1. The first-order valence-corrected chi connectivity index (χ1v) is 9.45. The first-order valence-electron chi connectivity index (χ1n) is 7.82. The van der Waals surface area contributed by atoms with E-state index in [-0.39, 0.29) is 17.2 Å². The van der Waals surface area contributed by atoms with Gasteiger partial charge in [-0.05, 0) is 24.3 Å². The van der Waals surface area contributed by atoms with Gasteiger partial charge in [0.2, 0.25) is 0 Å². The van der Waals surface area contributed by atoms with Gasteiger partial charge < -0.3 is 14.2 Å². The van der Waals surface area contributed by atoms with Gasteiger partial charge in [-0.1, -0.05) is 35.3 Å². The van der Waals surface area contributed by atoms with Gasteiger partial charge in [0.05, 0.1) is 41.1 Å². The number of methoxy groups -OCH3 is 2. The SMILES string of the molecule is COc1cccc(-c2nc(COC(=O)c3cccc(Cl)c3Cl)cs2)c1OC. The Hall–Kier alpha value is -2.28. The molecule has 0 amide bonds. The Morgan fingerprint density at radius 1 is 1.11 bits per heavy atom. The van der Waals surface area contributed by atoms with Gasteiger partial charge in [0.15, 0.2) is 11.5 Å². The predicted molar refractivity (Wildman–Crippen MR) is 106 cm³/mol. The molecule has 3 aromatic rings. The molecule has 0 aliphatic rings. The molecule has 0 saturated heterocycles. The largest absolute Gasteiger partial charge is 0.493 e. The van der Waals surface area contributed by atoms with Crippen molar-refractivity contribution in [1.82, 2.24) is 4.98 Å². The summed E-state index contributed by atoms with van der Waals surface area (Å²) in [5.41, 5.74) is 1.64. The minimum atomic E-state index is -0.559. The molecule has 1 aromatic heterocycles. The predicted octanol–water partition coefficient (Wildman–Crippen LogP) is 5.49. The number of thiazole rings is 1. The van der Waals surface area contributed by atoms with Gasteiger partial charge >= 0.3 is 5.97 Å². The standard InChI is InChI=1S/C19H15Cl2NO4S/c1-24-15-8-4-6-13(17(15)25-2)18-22-11(10-27-18)9-26-19(23)12-5-3-7-14(20)16(12)21/h3-8,10H,9H2,1-2H3. The van der Waals surface area contributed by atoms with Gasteiger partial charge in [-0.25, -0.2) is 9.78 Å². The van der Waals surface area contributed by atoms with Crippen LogP contribution in [0.15, 0.2) is 41.8 Å². The van der Waals surface area contributed by atoms with E-state index in [0.717, 1.165) is 10.6 Å². The third kappa shape index (κ3) is 4.18. The van der Waals surface area contributed by atoms with Crippen molar-refractivity contribution >= 4 is 40.5 Å². The third-order valence-corrected chi connectivity index (χ3v) is 5.45. The van der Waals surface area contributed by atoms with Crippen LogP contribution in [-0.2, 0) is 11.3 Å². The van der Waals surface area contributed by atoms with Crippen molar-refractivity contribution in [2.75, 3.05) is 14.2 Å². The summed E-state index contributed by atoms with van der Waals surface area (Å²) >= 11 is 13.4. The van der Waals surface area contributed by atoms with Crippen molar-refractivity contribution in [3.05, 3.63) is 63.1 Å². The lowest BCUT2D eigenvalue weighted by atomic mass is 10.2. The molecule has 0 spiro atoms. The van der Waals surface area contributed by atoms with Gasteiger partial charge in [0, 0.05) is 5.38 Å². The molecule has 8 heteroatoms. The highest BCUT2D eigenvalue weighted by molar-refractivity contribution is 7.13. The lowest BCUT2D eigenvalue weighted by Gasteiger charge is -2.10. The lowest BCUT2D eigenvalue weighted by Crippen LogP contribution is -2.06. The second-order valence-electron chi connectivity index (χ2n) is 5.36. The fourth-order valence-corrected chi connectivity index (χ4v) is 3.63. The van der Waals surface area contributed by atoms with Crippen LogP contribution in [0.4, 0.5) is 0 Å². The van der Waals surface area contributed by atoms with Crippen LogP contribution >= 0.6 is 34.5 Å². The molecule has 0 aliphatic carbocycles. The van der Waals surface area contributed by atoms with Crippen LogP contribution in [0.25, 0.3) is 10.6 Å². The average Bonchev–Trinajstić information content (AvgIpc) is 3.16. The molecular formula is C19H15Cl2NO4S. The van der Waals surface area contributed by atoms with Crippen molar-refractivity contribution in [3.8, 4) is 22.1 Å². The molecule has 1 heterocycles. The van der Waals surface area contributed by atoms with Crippen LogP contribution in [0.1, 0.15) is 16.1 Å². The third-order valence-electron chi connectivity index (χ3n) is 3.71. The van der Waals surface area contributed by atoms with Crippen molar-refractivity contribution in [2.24, 2.45) is 0 Å². The molecule has 0 N–H and O–H groups in total. The second kappa shape index (κ2) is 8.61. The van der Waals surface area contributed by atoms with Gasteiger partial charge in [-0.2, -0.15) is 0 Å². The molecule has 0 atom stereocenters. The van der Waals surface area contributed by atoms with Crippen molar-refractivity contribution < 1.29 is 19.0 Å². The summed E-state index contributed by atoms with van der Waals surface area (Å²) in [5, 5.41) is 3.02. The quantitative estimate of drug-likeness (QED) is 0.490. The van der Waals surface area contributed by atoms with E-state index < -0.39 is 5.97 Å². The second-order valence-corrected chi connectivity index (χ2v) is 7.01. The number of benzene rings is 2. The number of rotatable bonds is 6. The average molecular weight is 424 g/mol. The highest BCUT2D eigenvalue weighted by Gasteiger charge is 2.17. The fraction of sp³-hybridized carbons (Fsp3) is 0.158. The summed E-state index contributed by atoms with van der Waals surface area (Å²) in [6.45, 7) is 0.0183. The number of aromatic nitrogens is 1. The first kappa shape index (κ1) is 19.5. The minimum Gasteiger partial charge on any atom is -0.493 e. The van der Waals surface area contributed by atoms with E-state index in [1.54, 1.807) is 32.4 Å². The zero-order valence-electron chi connectivity index (χ0n) is 14.5. The summed E-state index contributed by atoms with van der Waals surface area (Å²) in [7, 11) is 3.15. The van der Waals surface area contributed by atoms with Crippen molar-refractivity contribution in [1.29, 1.82) is 0 Å². The Labute approximate surface area is 170 Å². The molecule has 27 heavy (non-hydrogen) atoms. The number of esters is 1. The Morgan fingerprint density at radius 2 is 1.89 bits per heavy atom. The molecule has 5 nitrogen and oxygen atoms in total. The minimum absolute atomic E-state index is 0.0183. The van der Waals surface area contributed by atoms with Gasteiger partial charge in [-0.3, -0.25) is 0 Å². The zero-order chi connectivity index (χ0) is 19.4. The van der Waals surface area contributed by atoms with Crippen LogP contribution in [0.3, 0.4) is 0 Å². The Bertz CT molecular complexity index is 974. The highest BCUT2D eigenvalue weighted by Crippen LogP contribution is 2.39. The number of para-hydroxylation sites is 1. The molecular weight excluding hydrogens is 409 g/mol. The molecule has 2 aromatic carbocycles. The molecule has 0 radical (unpaired) electrons. The summed E-state index contributed by atoms with van der Waals surface area (Å²) in [5.74, 6) is 0.661. The maximum absolute atomic E-state index is 12.2. The molecule has 0 aliphatic heterocycles. The maximum atomic E-state index is 12.2. The fourth-order valence-electron chi connectivity index (χ4n) is 2.43. The maximum Gasteiger partial charge on any atom is 0.340 e. The van der Waals surface area contributed by atoms with E-state index in [0.29, 0.717) is 22.2 Å². The first-order chi connectivity index (χ1) is 13.0. The number of nitrogens with zero attached hydrogens (tertiary/aromatic N) is 1. The van der Waals surface area contributed by atoms with Crippen LogP contribution in [0, 0.1) is 0 Å². The molecule has 0 bridgehead atoms. The van der Waals surface area contributed by atoms with E-state index in [2.05, 4.69) is 4.98 Å². The van der Waals surface area contributed by atoms with Gasteiger partial charge in [0.25, 0.3) is 0 Å². The van der Waals surface area contributed by atoms with Gasteiger partial charge in [-0.15, -0.1) is 11.3 Å². The number of halogens is 2. The normalized spacial score (nSPS) is 10.5. The summed E-state index contributed by atoms with van der Waals surface area (Å²) in [6.07, 6.45) is 0. The molecule has 0 fully saturated rings. The summed E-state index contributed by atoms with van der Waals surface area (Å²) in [6, 6.07) is 10.4. The molecule has 0 unspecified atom stereocenters. The molecule has 3 rings (SSSR count). The Balaban J connectivity index is 1.76. The molecule has 0 saturated carbocycles. The van der Waals surface area contributed by atoms with Crippen LogP contribution in [0.2, 0.25) is 10.0 Å². The Morgan fingerprint density at radius 3 is 2.63 bits per heavy atom. The molecule has 140 valence electrons.